The van der Waals surface area contributed by atoms with Gasteiger partial charge in [-0.05, 0) is 6.07 Å². The van der Waals surface area contributed by atoms with E-state index in [-0.39, 0.29) is 4.87 Å². The number of nitrogens with one attached hydrogen (secondary N) is 1. The van der Waals surface area contributed by atoms with Crippen molar-refractivity contribution in [3.8, 4) is 11.4 Å². The van der Waals surface area contributed by atoms with Crippen LogP contribution in [0.4, 0.5) is 4.39 Å². The number of nitrogens with zero attached hydrogens (tertiary/aromatic N) is 2. The molecule has 4 nitrogen and oxygen atoms in total. The molecule has 2 rings (SSSR count). The summed E-state index contributed by atoms with van der Waals surface area (Å²) in [6, 6.07) is 1.26. The highest BCUT2D eigenvalue weighted by Gasteiger charge is 2.03. The highest BCUT2D eigenvalue weighted by Crippen LogP contribution is 2.12. The highest BCUT2D eigenvalue weighted by atomic mass is 32.1. The Hall–Kier alpha value is -1.56. The molecular weight excluding hydrogens is 193 g/mol. The highest BCUT2D eigenvalue weighted by molar-refractivity contribution is 7.03. The maximum atomic E-state index is 12.7. The van der Waals surface area contributed by atoms with E-state index < -0.39 is 5.82 Å². The molecule has 0 atom stereocenters. The van der Waals surface area contributed by atoms with Crippen molar-refractivity contribution in [1.29, 1.82) is 0 Å². The zero-order chi connectivity index (χ0) is 9.26. The van der Waals surface area contributed by atoms with Crippen LogP contribution in [0.3, 0.4) is 0 Å². The van der Waals surface area contributed by atoms with E-state index in [9.17, 15) is 9.18 Å². The number of hydrogen-bond acceptors (Lipinski definition) is 4. The SMILES string of the molecule is O=c1[nH]c(-c2cncc(F)c2)ns1. The standard InChI is InChI=1S/C7H4FN3OS/c8-5-1-4(2-9-3-5)6-10-7(12)13-11-6/h1-3H,(H,10,11,12). The third kappa shape index (κ3) is 1.62. The van der Waals surface area contributed by atoms with E-state index in [1.54, 1.807) is 0 Å². The molecule has 0 saturated carbocycles. The first-order valence-corrected chi connectivity index (χ1v) is 4.20. The van der Waals surface area contributed by atoms with E-state index in [0.29, 0.717) is 11.4 Å². The lowest BCUT2D eigenvalue weighted by Gasteiger charge is -1.93. The minimum Gasteiger partial charge on any atom is -0.296 e. The fourth-order valence-electron chi connectivity index (χ4n) is 0.896. The summed E-state index contributed by atoms with van der Waals surface area (Å²) in [5.74, 6) is -0.103. The number of aromatic nitrogens is 3. The van der Waals surface area contributed by atoms with Gasteiger partial charge in [-0.2, -0.15) is 4.37 Å². The number of H-pyrrole nitrogens is 1. The minimum atomic E-state index is -0.452. The first-order valence-electron chi connectivity index (χ1n) is 3.42. The lowest BCUT2D eigenvalue weighted by Crippen LogP contribution is -1.93. The Morgan fingerprint density at radius 1 is 1.46 bits per heavy atom. The second-order valence-corrected chi connectivity index (χ2v) is 3.07. The molecule has 2 heterocycles. The molecule has 0 spiro atoms. The molecule has 0 aliphatic heterocycles. The van der Waals surface area contributed by atoms with Crippen LogP contribution < -0.4 is 4.87 Å². The van der Waals surface area contributed by atoms with Crippen molar-refractivity contribution in [3.63, 3.8) is 0 Å². The summed E-state index contributed by atoms with van der Waals surface area (Å²) in [6.07, 6.45) is 2.53. The van der Waals surface area contributed by atoms with Crippen molar-refractivity contribution < 1.29 is 4.39 Å². The fraction of sp³-hybridized carbons (Fsp3) is 0. The van der Waals surface area contributed by atoms with Crippen LogP contribution in [0.15, 0.2) is 23.3 Å². The molecular formula is C7H4FN3OS. The molecule has 2 aromatic heterocycles. The largest absolute Gasteiger partial charge is 0.323 e. The Kier molecular flexibility index (Phi) is 1.90. The van der Waals surface area contributed by atoms with Gasteiger partial charge in [-0.1, -0.05) is 0 Å². The third-order valence-electron chi connectivity index (χ3n) is 1.42. The van der Waals surface area contributed by atoms with Gasteiger partial charge in [-0.15, -0.1) is 0 Å². The van der Waals surface area contributed by atoms with Gasteiger partial charge in [0.05, 0.1) is 6.20 Å². The quantitative estimate of drug-likeness (QED) is 0.742. The second-order valence-electron chi connectivity index (χ2n) is 2.34. The van der Waals surface area contributed by atoms with Crippen molar-refractivity contribution in [2.45, 2.75) is 0 Å². The molecule has 13 heavy (non-hydrogen) atoms. The van der Waals surface area contributed by atoms with Gasteiger partial charge >= 0.3 is 4.87 Å². The Labute approximate surface area is 76.3 Å². The topological polar surface area (TPSA) is 58.6 Å². The van der Waals surface area contributed by atoms with Crippen molar-refractivity contribution in [2.24, 2.45) is 0 Å². The minimum absolute atomic E-state index is 0.265. The number of aromatic amines is 1. The predicted octanol–water partition coefficient (Wildman–Crippen LogP) is 1.03. The summed E-state index contributed by atoms with van der Waals surface area (Å²) in [4.78, 5) is 16.6. The zero-order valence-corrected chi connectivity index (χ0v) is 7.14. The predicted molar refractivity (Wildman–Crippen MR) is 45.9 cm³/mol. The molecule has 0 amide bonds. The number of pyridine rings is 1. The Morgan fingerprint density at radius 3 is 2.92 bits per heavy atom. The normalized spacial score (nSPS) is 10.2. The molecule has 0 fully saturated rings. The van der Waals surface area contributed by atoms with Gasteiger partial charge in [-0.3, -0.25) is 14.8 Å². The van der Waals surface area contributed by atoms with E-state index in [1.807, 2.05) is 0 Å². The van der Waals surface area contributed by atoms with E-state index in [0.717, 1.165) is 17.7 Å². The van der Waals surface area contributed by atoms with Crippen LogP contribution in [-0.2, 0) is 0 Å². The Balaban J connectivity index is 2.52. The van der Waals surface area contributed by atoms with E-state index in [1.165, 1.54) is 12.3 Å². The lowest BCUT2D eigenvalue weighted by atomic mass is 10.3. The summed E-state index contributed by atoms with van der Waals surface area (Å²) < 4.78 is 16.5. The molecule has 0 unspecified atom stereocenters. The van der Waals surface area contributed by atoms with E-state index in [4.69, 9.17) is 0 Å². The van der Waals surface area contributed by atoms with Gasteiger partial charge in [-0.25, -0.2) is 4.39 Å². The van der Waals surface area contributed by atoms with E-state index >= 15 is 0 Å². The molecule has 6 heteroatoms. The van der Waals surface area contributed by atoms with E-state index in [2.05, 4.69) is 14.3 Å². The Bertz CT molecular complexity index is 478. The third-order valence-corrected chi connectivity index (χ3v) is 1.96. The van der Waals surface area contributed by atoms with Crippen LogP contribution in [0.1, 0.15) is 0 Å². The average Bonchev–Trinajstić information content (AvgIpc) is 2.52. The lowest BCUT2D eigenvalue weighted by molar-refractivity contribution is 0.622. The number of halogens is 1. The molecule has 66 valence electrons. The molecule has 0 radical (unpaired) electrons. The average molecular weight is 197 g/mol. The molecule has 0 saturated heterocycles. The molecule has 1 N–H and O–H groups in total. The summed E-state index contributed by atoms with van der Waals surface area (Å²) in [5, 5.41) is 0. The smallest absolute Gasteiger partial charge is 0.296 e. The first-order chi connectivity index (χ1) is 6.25. The maximum Gasteiger partial charge on any atom is 0.323 e. The fourth-order valence-corrected chi connectivity index (χ4v) is 1.36. The van der Waals surface area contributed by atoms with Crippen LogP contribution in [0.5, 0.6) is 0 Å². The van der Waals surface area contributed by atoms with Gasteiger partial charge in [0, 0.05) is 23.3 Å². The van der Waals surface area contributed by atoms with Gasteiger partial charge in [0.25, 0.3) is 0 Å². The maximum absolute atomic E-state index is 12.7. The van der Waals surface area contributed by atoms with Gasteiger partial charge in [0.2, 0.25) is 0 Å². The molecule has 0 bridgehead atoms. The van der Waals surface area contributed by atoms with Crippen molar-refractivity contribution in [2.75, 3.05) is 0 Å². The Morgan fingerprint density at radius 2 is 2.31 bits per heavy atom. The summed E-state index contributed by atoms with van der Waals surface area (Å²) in [7, 11) is 0. The van der Waals surface area contributed by atoms with Gasteiger partial charge < -0.3 is 0 Å². The van der Waals surface area contributed by atoms with Crippen molar-refractivity contribution >= 4 is 11.5 Å². The second kappa shape index (κ2) is 3.06. The number of hydrogen-bond donors (Lipinski definition) is 1. The van der Waals surface area contributed by atoms with Crippen LogP contribution in [0.25, 0.3) is 11.4 Å². The first kappa shape index (κ1) is 8.06. The summed E-state index contributed by atoms with van der Waals surface area (Å²) in [5.41, 5.74) is 0.471. The van der Waals surface area contributed by atoms with Crippen LogP contribution >= 0.6 is 11.5 Å². The van der Waals surface area contributed by atoms with Crippen molar-refractivity contribution in [1.82, 2.24) is 14.3 Å². The summed E-state index contributed by atoms with van der Waals surface area (Å²) >= 11 is 0.794. The molecule has 0 aliphatic carbocycles. The van der Waals surface area contributed by atoms with Crippen molar-refractivity contribution in [3.05, 3.63) is 33.9 Å². The molecule has 0 aromatic carbocycles. The van der Waals surface area contributed by atoms with Gasteiger partial charge in [0.15, 0.2) is 5.82 Å². The van der Waals surface area contributed by atoms with Crippen LogP contribution in [-0.4, -0.2) is 14.3 Å². The van der Waals surface area contributed by atoms with Crippen LogP contribution in [0, 0.1) is 5.82 Å². The molecule has 2 aromatic rings. The number of rotatable bonds is 1. The van der Waals surface area contributed by atoms with Crippen LogP contribution in [0.2, 0.25) is 0 Å². The monoisotopic (exact) mass is 197 g/mol. The zero-order valence-electron chi connectivity index (χ0n) is 6.32. The summed E-state index contributed by atoms with van der Waals surface area (Å²) in [6.45, 7) is 0. The molecule has 0 aliphatic rings. The van der Waals surface area contributed by atoms with Gasteiger partial charge in [0.1, 0.15) is 5.82 Å².